The van der Waals surface area contributed by atoms with Crippen LogP contribution >= 0.6 is 0 Å². The smallest absolute Gasteiger partial charge is 0.256 e. The first-order valence-corrected chi connectivity index (χ1v) is 18.8. The third-order valence-electron chi connectivity index (χ3n) is 10.7. The van der Waals surface area contributed by atoms with Crippen molar-refractivity contribution in [1.29, 1.82) is 0 Å². The van der Waals surface area contributed by atoms with Crippen molar-refractivity contribution in [2.75, 3.05) is 43.5 Å². The van der Waals surface area contributed by atoms with Gasteiger partial charge in [0.05, 0.1) is 38.8 Å². The first kappa shape index (κ1) is 36.9. The molecule has 1 amide bonds. The van der Waals surface area contributed by atoms with Gasteiger partial charge in [-0.15, -0.1) is 5.10 Å². The Hall–Kier alpha value is -6.10. The Morgan fingerprint density at radius 3 is 2.66 bits per heavy atom. The number of nitrogens with one attached hydrogen (secondary N) is 3. The Morgan fingerprint density at radius 2 is 1.89 bits per heavy atom. The number of halogens is 1. The number of alkyl halides is 1. The molecule has 2 saturated heterocycles. The van der Waals surface area contributed by atoms with E-state index in [1.165, 1.54) is 7.11 Å². The Bertz CT molecular complexity index is 2510. The number of anilines is 3. The van der Waals surface area contributed by atoms with Gasteiger partial charge in [0.2, 0.25) is 11.9 Å². The number of methoxy groups -OCH3 is 1. The van der Waals surface area contributed by atoms with Gasteiger partial charge in [-0.1, -0.05) is 6.58 Å². The van der Waals surface area contributed by atoms with Crippen LogP contribution in [0.5, 0.6) is 5.88 Å². The standard InChI is InChI=1S/C39H46FN13O3/c1-22(2)52-17-25(7-8-32(52)54)26-11-14-42-35-27(26)15-31(24-9-12-41-13-10-24)53(35)16-23(3)37(55)45-29-20-51(18-28(29)40)39-46-34(33-36(47-39)49(4)21-43-33)44-30-19-50(5)48-38(30)56-6/h7-8,11,14-15,17,19,21-22,24,28-29,41H,3,9-10,12-13,16,18,20H2,1-2,4-6H3,(H,45,55)(H,44,46,47)/t28-,29-/m1/s1. The molecule has 2 aliphatic rings. The molecule has 6 aromatic heterocycles. The highest BCUT2D eigenvalue weighted by molar-refractivity contribution is 5.96. The number of nitrogens with zero attached hydrogens (tertiary/aromatic N) is 10. The number of hydrogen-bond donors (Lipinski definition) is 3. The summed E-state index contributed by atoms with van der Waals surface area (Å²) >= 11 is 0. The van der Waals surface area contributed by atoms with Gasteiger partial charge in [-0.25, -0.2) is 14.4 Å². The molecule has 2 aliphatic heterocycles. The van der Waals surface area contributed by atoms with Crippen LogP contribution in [0.1, 0.15) is 44.3 Å². The molecule has 292 valence electrons. The summed E-state index contributed by atoms with van der Waals surface area (Å²) in [5.41, 5.74) is 5.54. The summed E-state index contributed by atoms with van der Waals surface area (Å²) in [6.07, 6.45) is 7.53. The highest BCUT2D eigenvalue weighted by atomic mass is 19.1. The molecule has 2 atom stereocenters. The summed E-state index contributed by atoms with van der Waals surface area (Å²) in [6.45, 7) is 10.2. The van der Waals surface area contributed by atoms with Gasteiger partial charge in [0, 0.05) is 67.7 Å². The fourth-order valence-corrected chi connectivity index (χ4v) is 7.76. The highest BCUT2D eigenvalue weighted by Crippen LogP contribution is 2.36. The van der Waals surface area contributed by atoms with Crippen molar-refractivity contribution in [2.45, 2.75) is 57.4 Å². The average Bonchev–Trinajstić information content (AvgIpc) is 3.96. The van der Waals surface area contributed by atoms with Crippen molar-refractivity contribution >= 4 is 45.6 Å². The number of aryl methyl sites for hydroxylation is 2. The second-order valence-electron chi connectivity index (χ2n) is 14.9. The molecule has 0 unspecified atom stereocenters. The van der Waals surface area contributed by atoms with Gasteiger partial charge in [-0.3, -0.25) is 14.3 Å². The molecule has 17 heteroatoms. The molecule has 0 radical (unpaired) electrons. The van der Waals surface area contributed by atoms with E-state index in [0.29, 0.717) is 34.5 Å². The number of rotatable bonds is 11. The highest BCUT2D eigenvalue weighted by Gasteiger charge is 2.36. The maximum absolute atomic E-state index is 15.8. The summed E-state index contributed by atoms with van der Waals surface area (Å²) in [7, 11) is 5.14. The van der Waals surface area contributed by atoms with Crippen LogP contribution in [-0.4, -0.2) is 94.8 Å². The number of piperidine rings is 1. The van der Waals surface area contributed by atoms with Crippen LogP contribution in [0.4, 0.5) is 21.8 Å². The lowest BCUT2D eigenvalue weighted by Crippen LogP contribution is -2.42. The molecule has 8 rings (SSSR count). The van der Waals surface area contributed by atoms with Crippen molar-refractivity contribution in [1.82, 2.24) is 54.1 Å². The molecule has 2 fully saturated rings. The molecule has 8 heterocycles. The number of fused-ring (bicyclic) bond motifs is 2. The number of hydrogen-bond acceptors (Lipinski definition) is 11. The van der Waals surface area contributed by atoms with Gasteiger partial charge in [0.25, 0.3) is 11.4 Å². The molecule has 56 heavy (non-hydrogen) atoms. The number of carbonyl (C=O) groups is 1. The first-order chi connectivity index (χ1) is 27.0. The number of imidazole rings is 1. The van der Waals surface area contributed by atoms with Crippen molar-refractivity contribution in [3.05, 3.63) is 77.4 Å². The van der Waals surface area contributed by atoms with Crippen molar-refractivity contribution in [3.8, 4) is 17.0 Å². The molecule has 0 aromatic carbocycles. The zero-order valence-electron chi connectivity index (χ0n) is 32.2. The monoisotopic (exact) mass is 763 g/mol. The molecular formula is C39H46FN13O3. The van der Waals surface area contributed by atoms with Crippen molar-refractivity contribution in [2.24, 2.45) is 14.1 Å². The summed E-state index contributed by atoms with van der Waals surface area (Å²) in [6, 6.07) is 6.75. The molecule has 16 nitrogen and oxygen atoms in total. The molecule has 0 saturated carbocycles. The van der Waals surface area contributed by atoms with Crippen LogP contribution in [-0.2, 0) is 25.4 Å². The van der Waals surface area contributed by atoms with E-state index in [-0.39, 0.29) is 42.7 Å². The minimum absolute atomic E-state index is 0.00104. The van der Waals surface area contributed by atoms with Gasteiger partial charge in [0.15, 0.2) is 17.0 Å². The van der Waals surface area contributed by atoms with Crippen molar-refractivity contribution in [3.63, 3.8) is 0 Å². The minimum Gasteiger partial charge on any atom is -0.478 e. The van der Waals surface area contributed by atoms with E-state index in [1.807, 2.05) is 39.2 Å². The quantitative estimate of drug-likeness (QED) is 0.164. The molecule has 0 aliphatic carbocycles. The molecule has 6 aromatic rings. The van der Waals surface area contributed by atoms with E-state index >= 15 is 4.39 Å². The molecule has 3 N–H and O–H groups in total. The predicted molar refractivity (Wildman–Crippen MR) is 212 cm³/mol. The van der Waals surface area contributed by atoms with E-state index in [9.17, 15) is 9.59 Å². The lowest BCUT2D eigenvalue weighted by molar-refractivity contribution is -0.118. The Kier molecular flexibility index (Phi) is 9.78. The maximum Gasteiger partial charge on any atom is 0.256 e. The van der Waals surface area contributed by atoms with Gasteiger partial charge < -0.3 is 39.3 Å². The normalized spacial score (nSPS) is 17.7. The average molecular weight is 764 g/mol. The Balaban J connectivity index is 1.04. The number of amides is 1. The number of pyridine rings is 2. The predicted octanol–water partition coefficient (Wildman–Crippen LogP) is 3.97. The van der Waals surface area contributed by atoms with E-state index < -0.39 is 18.1 Å². The van der Waals surface area contributed by atoms with Gasteiger partial charge in [-0.2, -0.15) is 9.97 Å². The minimum atomic E-state index is -1.39. The SMILES string of the molecule is C=C(Cn1c(C2CCNCC2)cc2c(-c3ccc(=O)n(C(C)C)c3)ccnc21)C(=O)N[C@@H]1CN(c2nc(Nc3cn(C)nc3OC)c3ncn(C)c3n2)C[C@H]1F. The Labute approximate surface area is 322 Å². The fourth-order valence-electron chi connectivity index (χ4n) is 7.76. The van der Waals surface area contributed by atoms with E-state index in [0.717, 1.165) is 53.8 Å². The van der Waals surface area contributed by atoms with E-state index in [2.05, 4.69) is 43.2 Å². The van der Waals surface area contributed by atoms with Crippen LogP contribution < -0.4 is 31.1 Å². The lowest BCUT2D eigenvalue weighted by Gasteiger charge is -2.25. The zero-order valence-corrected chi connectivity index (χ0v) is 32.2. The summed E-state index contributed by atoms with van der Waals surface area (Å²) < 4.78 is 28.4. The van der Waals surface area contributed by atoms with Crippen LogP contribution in [0, 0.1) is 0 Å². The number of ether oxygens (including phenoxy) is 1. The van der Waals surface area contributed by atoms with Gasteiger partial charge >= 0.3 is 0 Å². The third kappa shape index (κ3) is 6.86. The van der Waals surface area contributed by atoms with Gasteiger partial charge in [0.1, 0.15) is 17.5 Å². The van der Waals surface area contributed by atoms with Crippen molar-refractivity contribution < 1.29 is 13.9 Å². The Morgan fingerprint density at radius 1 is 1.09 bits per heavy atom. The largest absolute Gasteiger partial charge is 0.478 e. The number of aromatic nitrogens is 9. The van der Waals surface area contributed by atoms with Crippen LogP contribution in [0.3, 0.4) is 0 Å². The topological polar surface area (TPSA) is 167 Å². The molecule has 0 spiro atoms. The maximum atomic E-state index is 15.8. The summed E-state index contributed by atoms with van der Waals surface area (Å²) in [5, 5.41) is 14.8. The second-order valence-corrected chi connectivity index (χ2v) is 14.9. The second kappa shape index (κ2) is 14.9. The molecule has 0 bridgehead atoms. The van der Waals surface area contributed by atoms with Gasteiger partial charge in [-0.05, 0) is 69.1 Å². The summed E-state index contributed by atoms with van der Waals surface area (Å²) in [5.74, 6) is 0.890. The summed E-state index contributed by atoms with van der Waals surface area (Å²) in [4.78, 5) is 46.9. The van der Waals surface area contributed by atoms with Crippen LogP contribution in [0.25, 0.3) is 33.3 Å². The van der Waals surface area contributed by atoms with Crippen LogP contribution in [0.15, 0.2) is 66.1 Å². The third-order valence-corrected chi connectivity index (χ3v) is 10.7. The fraction of sp³-hybridized carbons (Fsp3) is 0.410. The lowest BCUT2D eigenvalue weighted by atomic mass is 9.94. The van der Waals surface area contributed by atoms with Crippen LogP contribution in [0.2, 0.25) is 0 Å². The van der Waals surface area contributed by atoms with E-state index in [4.69, 9.17) is 19.7 Å². The molecular weight excluding hydrogens is 718 g/mol. The first-order valence-electron chi connectivity index (χ1n) is 18.8. The zero-order chi connectivity index (χ0) is 39.2. The van der Waals surface area contributed by atoms with E-state index in [1.54, 1.807) is 50.6 Å². The number of carbonyl (C=O) groups excluding carboxylic acids is 1.